The number of amides is 3. The molecule has 0 aliphatic carbocycles. The van der Waals surface area contributed by atoms with E-state index in [4.69, 9.17) is 25.5 Å². The van der Waals surface area contributed by atoms with Gasteiger partial charge in [0.05, 0.1) is 20.8 Å². The molecule has 1 aliphatic heterocycles. The number of ether oxygens (including phenoxy) is 3. The molecule has 0 bridgehead atoms. The zero-order chi connectivity index (χ0) is 24.9. The molecule has 1 fully saturated rings. The molecule has 3 aromatic rings. The van der Waals surface area contributed by atoms with Crippen LogP contribution in [0.4, 0.5) is 4.79 Å². The summed E-state index contributed by atoms with van der Waals surface area (Å²) in [6.45, 7) is 0.113. The molecular formula is C25H21ClN2O7. The van der Waals surface area contributed by atoms with Gasteiger partial charge in [-0.2, -0.15) is 0 Å². The summed E-state index contributed by atoms with van der Waals surface area (Å²) in [4.78, 5) is 37.8. The maximum Gasteiger partial charge on any atom is 0.373 e. The number of carbonyl (C=O) groups excluding carboxylic acids is 3. The van der Waals surface area contributed by atoms with Gasteiger partial charge in [0.15, 0.2) is 11.5 Å². The largest absolute Gasteiger partial charge is 0.493 e. The number of carbonyl (C=O) groups is 3. The molecule has 0 atom stereocenters. The Balaban J connectivity index is 1.46. The third-order valence-electron chi connectivity index (χ3n) is 5.17. The highest BCUT2D eigenvalue weighted by atomic mass is 35.5. The van der Waals surface area contributed by atoms with Crippen LogP contribution < -0.4 is 14.8 Å². The van der Waals surface area contributed by atoms with Crippen LogP contribution in [0.2, 0.25) is 5.02 Å². The number of nitrogens with zero attached hydrogens (tertiary/aromatic N) is 1. The van der Waals surface area contributed by atoms with Gasteiger partial charge in [-0.3, -0.25) is 9.69 Å². The molecule has 9 nitrogen and oxygen atoms in total. The first-order chi connectivity index (χ1) is 16.9. The van der Waals surface area contributed by atoms with E-state index in [2.05, 4.69) is 10.1 Å². The van der Waals surface area contributed by atoms with Crippen LogP contribution in [-0.4, -0.2) is 37.0 Å². The van der Waals surface area contributed by atoms with E-state index in [1.54, 1.807) is 54.6 Å². The molecule has 180 valence electrons. The molecular weight excluding hydrogens is 476 g/mol. The number of urea groups is 1. The minimum Gasteiger partial charge on any atom is -0.493 e. The van der Waals surface area contributed by atoms with E-state index in [-0.39, 0.29) is 24.6 Å². The van der Waals surface area contributed by atoms with Crippen molar-refractivity contribution in [1.82, 2.24) is 10.2 Å². The Morgan fingerprint density at radius 3 is 2.63 bits per heavy atom. The van der Waals surface area contributed by atoms with Crippen LogP contribution in [0.5, 0.6) is 11.5 Å². The van der Waals surface area contributed by atoms with Gasteiger partial charge in [0, 0.05) is 5.02 Å². The molecule has 1 N–H and O–H groups in total. The van der Waals surface area contributed by atoms with E-state index in [0.29, 0.717) is 33.4 Å². The molecule has 0 unspecified atom stereocenters. The topological polar surface area (TPSA) is 107 Å². The quantitative estimate of drug-likeness (QED) is 0.280. The number of nitrogens with one attached hydrogen (secondary N) is 1. The smallest absolute Gasteiger partial charge is 0.373 e. The lowest BCUT2D eigenvalue weighted by molar-refractivity contribution is -0.123. The number of benzene rings is 2. The number of esters is 1. The Kier molecular flexibility index (Phi) is 7.07. The molecule has 0 spiro atoms. The maximum absolute atomic E-state index is 12.8. The van der Waals surface area contributed by atoms with Gasteiger partial charge in [0.2, 0.25) is 5.76 Å². The molecule has 1 aliphatic rings. The number of imide groups is 1. The average Bonchev–Trinajstić information content (AvgIpc) is 3.44. The third-order valence-corrected chi connectivity index (χ3v) is 5.53. The van der Waals surface area contributed by atoms with Crippen LogP contribution in [0.3, 0.4) is 0 Å². The molecule has 10 heteroatoms. The normalized spacial score (nSPS) is 14.3. The Labute approximate surface area is 205 Å². The predicted molar refractivity (Wildman–Crippen MR) is 126 cm³/mol. The Morgan fingerprint density at radius 1 is 1.09 bits per heavy atom. The Hall–Kier alpha value is -4.24. The van der Waals surface area contributed by atoms with E-state index >= 15 is 0 Å². The fourth-order valence-electron chi connectivity index (χ4n) is 3.39. The van der Waals surface area contributed by atoms with Gasteiger partial charge in [0.1, 0.15) is 18.1 Å². The standard InChI is InChI=1S/C25H21ClN2O7/c1-32-22-12-15(7-9-20(22)34-14-17-8-10-21(35-17)24(30)33-2)11-19-23(29)28(25(31)27-19)13-16-5-3-4-6-18(16)26/h3-12H,13-14H2,1-2H3,(H,27,31)/b19-11+. The minimum atomic E-state index is -0.579. The van der Waals surface area contributed by atoms with E-state index in [1.807, 2.05) is 0 Å². The summed E-state index contributed by atoms with van der Waals surface area (Å²) in [5, 5.41) is 3.06. The summed E-state index contributed by atoms with van der Waals surface area (Å²) in [6.07, 6.45) is 1.55. The van der Waals surface area contributed by atoms with Crippen molar-refractivity contribution in [3.05, 3.63) is 88.0 Å². The van der Waals surface area contributed by atoms with Gasteiger partial charge < -0.3 is 23.9 Å². The first kappa shape index (κ1) is 23.9. The van der Waals surface area contributed by atoms with Crippen LogP contribution in [0.25, 0.3) is 6.08 Å². The predicted octanol–water partition coefficient (Wildman–Crippen LogP) is 4.40. The van der Waals surface area contributed by atoms with Gasteiger partial charge in [-0.05, 0) is 47.5 Å². The highest BCUT2D eigenvalue weighted by molar-refractivity contribution is 6.31. The molecule has 4 rings (SSSR count). The SMILES string of the molecule is COC(=O)c1ccc(COc2ccc(/C=C3/NC(=O)N(Cc4ccccc4Cl)C3=O)cc2OC)o1. The number of furan rings is 1. The number of halogens is 1. The minimum absolute atomic E-state index is 0.0549. The summed E-state index contributed by atoms with van der Waals surface area (Å²) in [5.74, 6) is 0.290. The Bertz CT molecular complexity index is 1310. The summed E-state index contributed by atoms with van der Waals surface area (Å²) >= 11 is 6.16. The van der Waals surface area contributed by atoms with Crippen molar-refractivity contribution in [3.63, 3.8) is 0 Å². The molecule has 2 heterocycles. The van der Waals surface area contributed by atoms with Crippen LogP contribution >= 0.6 is 11.6 Å². The summed E-state index contributed by atoms with van der Waals surface area (Å²) in [7, 11) is 2.75. The first-order valence-corrected chi connectivity index (χ1v) is 10.8. The fraction of sp³-hybridized carbons (Fsp3) is 0.160. The third kappa shape index (κ3) is 5.30. The second-order valence-electron chi connectivity index (χ2n) is 7.43. The molecule has 35 heavy (non-hydrogen) atoms. The molecule has 3 amide bonds. The Morgan fingerprint density at radius 2 is 1.89 bits per heavy atom. The zero-order valence-corrected chi connectivity index (χ0v) is 19.6. The lowest BCUT2D eigenvalue weighted by Gasteiger charge is -2.12. The van der Waals surface area contributed by atoms with Crippen molar-refractivity contribution in [2.75, 3.05) is 14.2 Å². The summed E-state index contributed by atoms with van der Waals surface area (Å²) in [6, 6.07) is 14.6. The van der Waals surface area contributed by atoms with Gasteiger partial charge in [-0.25, -0.2) is 9.59 Å². The first-order valence-electron chi connectivity index (χ1n) is 10.5. The van der Waals surface area contributed by atoms with Crippen LogP contribution in [0, 0.1) is 0 Å². The number of methoxy groups -OCH3 is 2. The molecule has 0 saturated carbocycles. The van der Waals surface area contributed by atoms with Crippen molar-refractivity contribution in [3.8, 4) is 11.5 Å². The van der Waals surface area contributed by atoms with E-state index in [0.717, 1.165) is 4.90 Å². The van der Waals surface area contributed by atoms with E-state index in [9.17, 15) is 14.4 Å². The van der Waals surface area contributed by atoms with Gasteiger partial charge in [-0.1, -0.05) is 35.9 Å². The van der Waals surface area contributed by atoms with Crippen LogP contribution in [0.15, 0.2) is 64.7 Å². The summed E-state index contributed by atoms with van der Waals surface area (Å²) < 4.78 is 21.2. The van der Waals surface area contributed by atoms with Crippen LogP contribution in [0.1, 0.15) is 27.4 Å². The lowest BCUT2D eigenvalue weighted by atomic mass is 10.1. The zero-order valence-electron chi connectivity index (χ0n) is 18.9. The van der Waals surface area contributed by atoms with Crippen molar-refractivity contribution >= 4 is 35.6 Å². The van der Waals surface area contributed by atoms with E-state index in [1.165, 1.54) is 20.3 Å². The number of hydrogen-bond donors (Lipinski definition) is 1. The second-order valence-corrected chi connectivity index (χ2v) is 7.83. The van der Waals surface area contributed by atoms with Crippen molar-refractivity contribution in [1.29, 1.82) is 0 Å². The van der Waals surface area contributed by atoms with Crippen LogP contribution in [-0.2, 0) is 22.7 Å². The highest BCUT2D eigenvalue weighted by Gasteiger charge is 2.33. The lowest BCUT2D eigenvalue weighted by Crippen LogP contribution is -2.30. The van der Waals surface area contributed by atoms with E-state index < -0.39 is 17.9 Å². The molecule has 0 radical (unpaired) electrons. The number of hydrogen-bond acceptors (Lipinski definition) is 7. The van der Waals surface area contributed by atoms with Gasteiger partial charge >= 0.3 is 12.0 Å². The highest BCUT2D eigenvalue weighted by Crippen LogP contribution is 2.30. The van der Waals surface area contributed by atoms with Crippen molar-refractivity contribution < 1.29 is 33.0 Å². The molecule has 1 aromatic heterocycles. The monoisotopic (exact) mass is 496 g/mol. The number of rotatable bonds is 8. The molecule has 2 aromatic carbocycles. The second kappa shape index (κ2) is 10.4. The van der Waals surface area contributed by atoms with Crippen molar-refractivity contribution in [2.24, 2.45) is 0 Å². The maximum atomic E-state index is 12.8. The van der Waals surface area contributed by atoms with Gasteiger partial charge in [-0.15, -0.1) is 0 Å². The molecule has 1 saturated heterocycles. The van der Waals surface area contributed by atoms with Crippen molar-refractivity contribution in [2.45, 2.75) is 13.2 Å². The summed E-state index contributed by atoms with van der Waals surface area (Å²) in [5.41, 5.74) is 1.41. The average molecular weight is 497 g/mol. The van der Waals surface area contributed by atoms with Gasteiger partial charge in [0.25, 0.3) is 5.91 Å². The fourth-order valence-corrected chi connectivity index (χ4v) is 3.58.